The van der Waals surface area contributed by atoms with Gasteiger partial charge in [-0.15, -0.1) is 0 Å². The molecule has 2 atom stereocenters. The van der Waals surface area contributed by atoms with E-state index in [2.05, 4.69) is 44.4 Å². The number of aryl methyl sites for hydroxylation is 1. The van der Waals surface area contributed by atoms with Gasteiger partial charge in [-0.05, 0) is 13.8 Å². The van der Waals surface area contributed by atoms with Crippen LogP contribution in [0.25, 0.3) is 0 Å². The maximum Gasteiger partial charge on any atom is 0.228 e. The van der Waals surface area contributed by atoms with E-state index in [0.717, 1.165) is 31.4 Å². The number of ether oxygens (including phenoxy) is 3. The lowest BCUT2D eigenvalue weighted by Gasteiger charge is -2.36. The minimum absolute atomic E-state index is 0.140. The van der Waals surface area contributed by atoms with E-state index in [1.165, 1.54) is 26.6 Å². The van der Waals surface area contributed by atoms with Gasteiger partial charge in [0.1, 0.15) is 6.61 Å². The number of nitrogens with one attached hydrogen (secondary N) is 2. The van der Waals surface area contributed by atoms with Crippen LogP contribution in [0, 0.1) is 11.6 Å². The Balaban J connectivity index is 1.38. The smallest absolute Gasteiger partial charge is 0.228 e. The van der Waals surface area contributed by atoms with Crippen molar-refractivity contribution < 1.29 is 23.0 Å². The highest BCUT2D eigenvalue weighted by Crippen LogP contribution is 2.32. The van der Waals surface area contributed by atoms with Crippen LogP contribution in [0.4, 0.5) is 20.5 Å². The molecule has 0 amide bonds. The number of piperazine rings is 1. The molecular formula is C24H31F2N7O3. The van der Waals surface area contributed by atoms with Crippen LogP contribution in [0.15, 0.2) is 24.5 Å². The van der Waals surface area contributed by atoms with E-state index < -0.39 is 18.2 Å². The molecule has 2 aromatic heterocycles. The maximum atomic E-state index is 14.5. The Morgan fingerprint density at radius 1 is 1.03 bits per heavy atom. The van der Waals surface area contributed by atoms with Gasteiger partial charge in [0.25, 0.3) is 0 Å². The molecule has 2 N–H and O–H groups in total. The Labute approximate surface area is 208 Å². The van der Waals surface area contributed by atoms with Gasteiger partial charge in [0, 0.05) is 50.9 Å². The predicted octanol–water partition coefficient (Wildman–Crippen LogP) is 3.01. The molecule has 0 saturated carbocycles. The number of hydrogen-bond acceptors (Lipinski definition) is 9. The Morgan fingerprint density at radius 2 is 1.64 bits per heavy atom. The van der Waals surface area contributed by atoms with Crippen molar-refractivity contribution in [3.63, 3.8) is 0 Å². The van der Waals surface area contributed by atoms with Crippen molar-refractivity contribution in [3.8, 4) is 17.2 Å². The summed E-state index contributed by atoms with van der Waals surface area (Å²) in [5.41, 5.74) is 0.749. The molecule has 1 aliphatic heterocycles. The zero-order valence-corrected chi connectivity index (χ0v) is 21.0. The molecular weight excluding hydrogens is 472 g/mol. The molecule has 1 saturated heterocycles. The number of benzene rings is 1. The van der Waals surface area contributed by atoms with E-state index in [9.17, 15) is 8.78 Å². The standard InChI is InChI=1S/C24H31F2N7O3/c1-14-10-33(11-15(2)29-14)12-16-6-21(31-32(16)3)30-24-27-8-17(9-28-24)36-13-18-22(25)19(34-4)7-20(35-5)23(18)26/h6-9,14-15,29H,10-13H2,1-5H3,(H,27,28,30,31)/t14-,15+. The average molecular weight is 504 g/mol. The fourth-order valence-corrected chi connectivity index (χ4v) is 4.30. The van der Waals surface area contributed by atoms with Gasteiger partial charge < -0.3 is 24.8 Å². The summed E-state index contributed by atoms with van der Waals surface area (Å²) < 4.78 is 46.3. The predicted molar refractivity (Wildman–Crippen MR) is 130 cm³/mol. The zero-order chi connectivity index (χ0) is 25.8. The Bertz CT molecular complexity index is 1150. The fraction of sp³-hybridized carbons (Fsp3) is 0.458. The van der Waals surface area contributed by atoms with Gasteiger partial charge in [-0.25, -0.2) is 18.7 Å². The third-order valence-corrected chi connectivity index (χ3v) is 5.91. The number of halogens is 2. The van der Waals surface area contributed by atoms with Gasteiger partial charge in [0.15, 0.2) is 34.7 Å². The molecule has 0 unspecified atom stereocenters. The third-order valence-electron chi connectivity index (χ3n) is 5.91. The van der Waals surface area contributed by atoms with Crippen molar-refractivity contribution in [1.82, 2.24) is 30.0 Å². The van der Waals surface area contributed by atoms with Gasteiger partial charge in [0.2, 0.25) is 5.95 Å². The molecule has 1 fully saturated rings. The van der Waals surface area contributed by atoms with Crippen LogP contribution < -0.4 is 24.8 Å². The van der Waals surface area contributed by atoms with E-state index >= 15 is 0 Å². The fourth-order valence-electron chi connectivity index (χ4n) is 4.30. The molecule has 0 bridgehead atoms. The summed E-state index contributed by atoms with van der Waals surface area (Å²) >= 11 is 0. The van der Waals surface area contributed by atoms with Crippen LogP contribution in [-0.2, 0) is 20.2 Å². The zero-order valence-electron chi connectivity index (χ0n) is 21.0. The van der Waals surface area contributed by atoms with Crippen LogP contribution in [-0.4, -0.2) is 64.0 Å². The molecule has 4 rings (SSSR count). The quantitative estimate of drug-likeness (QED) is 0.457. The molecule has 1 aromatic carbocycles. The lowest BCUT2D eigenvalue weighted by atomic mass is 10.1. The van der Waals surface area contributed by atoms with Gasteiger partial charge >= 0.3 is 0 Å². The lowest BCUT2D eigenvalue weighted by Crippen LogP contribution is -2.53. The number of aromatic nitrogens is 4. The normalized spacial score (nSPS) is 18.2. The number of rotatable bonds is 9. The van der Waals surface area contributed by atoms with Crippen LogP contribution in [0.2, 0.25) is 0 Å². The largest absolute Gasteiger partial charge is 0.494 e. The number of methoxy groups -OCH3 is 2. The molecule has 10 nitrogen and oxygen atoms in total. The van der Waals surface area contributed by atoms with Crippen molar-refractivity contribution in [2.24, 2.45) is 7.05 Å². The molecule has 12 heteroatoms. The average Bonchev–Trinajstić information content (AvgIpc) is 3.17. The number of anilines is 2. The summed E-state index contributed by atoms with van der Waals surface area (Å²) in [6.07, 6.45) is 2.83. The lowest BCUT2D eigenvalue weighted by molar-refractivity contribution is 0.163. The molecule has 36 heavy (non-hydrogen) atoms. The van der Waals surface area contributed by atoms with E-state index in [0.29, 0.717) is 23.8 Å². The Morgan fingerprint density at radius 3 is 2.22 bits per heavy atom. The second kappa shape index (κ2) is 11.0. The number of nitrogens with zero attached hydrogens (tertiary/aromatic N) is 5. The molecule has 0 spiro atoms. The minimum Gasteiger partial charge on any atom is -0.494 e. The van der Waals surface area contributed by atoms with Crippen molar-refractivity contribution in [2.45, 2.75) is 39.1 Å². The van der Waals surface area contributed by atoms with Crippen molar-refractivity contribution in [2.75, 3.05) is 32.6 Å². The van der Waals surface area contributed by atoms with E-state index in [1.54, 1.807) is 0 Å². The summed E-state index contributed by atoms with van der Waals surface area (Å²) in [7, 11) is 4.48. The van der Waals surface area contributed by atoms with Crippen molar-refractivity contribution in [3.05, 3.63) is 47.4 Å². The molecule has 194 valence electrons. The highest BCUT2D eigenvalue weighted by molar-refractivity contribution is 5.48. The van der Waals surface area contributed by atoms with Crippen molar-refractivity contribution in [1.29, 1.82) is 0 Å². The molecule has 3 heterocycles. The van der Waals surface area contributed by atoms with Crippen LogP contribution in [0.5, 0.6) is 17.2 Å². The summed E-state index contributed by atoms with van der Waals surface area (Å²) in [6.45, 7) is 6.71. The first-order valence-corrected chi connectivity index (χ1v) is 11.6. The van der Waals surface area contributed by atoms with E-state index in [-0.39, 0.29) is 22.8 Å². The molecule has 0 aliphatic carbocycles. The van der Waals surface area contributed by atoms with Gasteiger partial charge in [0.05, 0.1) is 37.9 Å². The van der Waals surface area contributed by atoms with Gasteiger partial charge in [-0.1, -0.05) is 0 Å². The first-order chi connectivity index (χ1) is 17.3. The van der Waals surface area contributed by atoms with E-state index in [4.69, 9.17) is 14.2 Å². The Kier molecular flexibility index (Phi) is 7.85. The van der Waals surface area contributed by atoms with Crippen LogP contribution >= 0.6 is 0 Å². The van der Waals surface area contributed by atoms with E-state index in [1.807, 2.05) is 17.8 Å². The maximum absolute atomic E-state index is 14.5. The topological polar surface area (TPSA) is 98.6 Å². The van der Waals surface area contributed by atoms with Crippen LogP contribution in [0.3, 0.4) is 0 Å². The third kappa shape index (κ3) is 5.82. The highest BCUT2D eigenvalue weighted by Gasteiger charge is 2.23. The second-order valence-electron chi connectivity index (χ2n) is 8.85. The first-order valence-electron chi connectivity index (χ1n) is 11.6. The highest BCUT2D eigenvalue weighted by atomic mass is 19.1. The monoisotopic (exact) mass is 503 g/mol. The number of hydrogen-bond donors (Lipinski definition) is 2. The molecule has 1 aliphatic rings. The second-order valence-corrected chi connectivity index (χ2v) is 8.85. The van der Waals surface area contributed by atoms with Crippen molar-refractivity contribution >= 4 is 11.8 Å². The SMILES string of the molecule is COc1cc(OC)c(F)c(COc2cnc(Nc3cc(CN4C[C@@H](C)N[C@@H](C)C4)n(C)n3)nc2)c1F. The summed E-state index contributed by atoms with van der Waals surface area (Å²) in [4.78, 5) is 10.8. The Hall–Kier alpha value is -3.51. The first kappa shape index (κ1) is 25.6. The van der Waals surface area contributed by atoms with Crippen LogP contribution in [0.1, 0.15) is 25.1 Å². The van der Waals surface area contributed by atoms with Gasteiger partial charge in [-0.2, -0.15) is 5.10 Å². The summed E-state index contributed by atoms with van der Waals surface area (Å²) in [6, 6.07) is 3.98. The summed E-state index contributed by atoms with van der Waals surface area (Å²) in [5.74, 6) is -0.820. The molecule has 0 radical (unpaired) electrons. The molecule has 3 aromatic rings. The summed E-state index contributed by atoms with van der Waals surface area (Å²) in [5, 5.41) is 11.1. The minimum atomic E-state index is -0.856. The van der Waals surface area contributed by atoms with Gasteiger partial charge in [-0.3, -0.25) is 9.58 Å².